The summed E-state index contributed by atoms with van der Waals surface area (Å²) in [5, 5.41) is 3.37. The normalized spacial score (nSPS) is 13.4. The molecule has 190 valence electrons. The maximum absolute atomic E-state index is 13.6. The smallest absolute Gasteiger partial charge is 0.341 e. The first-order valence-corrected chi connectivity index (χ1v) is 14.4. The van der Waals surface area contributed by atoms with Gasteiger partial charge in [-0.3, -0.25) is 9.59 Å². The fraction of sp³-hybridized carbons (Fsp3) is 0.360. The van der Waals surface area contributed by atoms with Crippen molar-refractivity contribution in [2.24, 2.45) is 4.99 Å². The van der Waals surface area contributed by atoms with Crippen LogP contribution in [0.3, 0.4) is 0 Å². The van der Waals surface area contributed by atoms with Crippen LogP contribution in [0.25, 0.3) is 10.2 Å². The van der Waals surface area contributed by atoms with Crippen LogP contribution in [0.5, 0.6) is 0 Å². The Kier molecular flexibility index (Phi) is 8.76. The van der Waals surface area contributed by atoms with Gasteiger partial charge < -0.3 is 14.6 Å². The van der Waals surface area contributed by atoms with Crippen molar-refractivity contribution in [1.29, 1.82) is 0 Å². The number of nitrogens with one attached hydrogen (secondary N) is 1. The van der Waals surface area contributed by atoms with Gasteiger partial charge in [0.25, 0.3) is 5.91 Å². The van der Waals surface area contributed by atoms with E-state index in [4.69, 9.17) is 4.74 Å². The van der Waals surface area contributed by atoms with E-state index in [2.05, 4.69) is 16.9 Å². The van der Waals surface area contributed by atoms with Crippen LogP contribution in [0, 0.1) is 5.82 Å². The molecule has 1 aliphatic carbocycles. The molecule has 1 aromatic carbocycles. The first-order valence-electron chi connectivity index (χ1n) is 11.6. The highest BCUT2D eigenvalue weighted by Crippen LogP contribution is 2.38. The van der Waals surface area contributed by atoms with Gasteiger partial charge in [0.15, 0.2) is 4.80 Å². The topological polar surface area (TPSA) is 89.8 Å². The van der Waals surface area contributed by atoms with E-state index in [9.17, 15) is 18.8 Å². The van der Waals surface area contributed by atoms with Crippen LogP contribution in [0.15, 0.2) is 35.8 Å². The number of nitrogens with zero attached hydrogens (tertiary/aromatic N) is 2. The molecule has 1 N–H and O–H groups in total. The van der Waals surface area contributed by atoms with Gasteiger partial charge >= 0.3 is 5.97 Å². The van der Waals surface area contributed by atoms with E-state index in [1.807, 2.05) is 0 Å². The lowest BCUT2D eigenvalue weighted by Gasteiger charge is -2.12. The number of fused-ring (bicyclic) bond motifs is 2. The van der Waals surface area contributed by atoms with Crippen molar-refractivity contribution < 1.29 is 23.5 Å². The predicted octanol–water partition coefficient (Wildman–Crippen LogP) is 4.94. The molecule has 0 atom stereocenters. The number of carbonyl (C=O) groups is 3. The molecule has 0 radical (unpaired) electrons. The number of thioether (sulfide) groups is 1. The first kappa shape index (κ1) is 26.3. The number of rotatable bonds is 9. The van der Waals surface area contributed by atoms with Crippen molar-refractivity contribution in [3.05, 3.63) is 57.5 Å². The first-order chi connectivity index (χ1) is 17.4. The SMILES string of the molecule is C=CCn1c(=NC(=O)CSCC(=O)Nc2sc3c(c2C(=O)OCC)CCCC3)sc2cc(F)ccc21. The third-order valence-electron chi connectivity index (χ3n) is 5.54. The fourth-order valence-corrected chi connectivity index (χ4v) is 7.02. The Morgan fingerprint density at radius 3 is 2.83 bits per heavy atom. The second-order valence-electron chi connectivity index (χ2n) is 8.08. The maximum atomic E-state index is 13.6. The van der Waals surface area contributed by atoms with Crippen LogP contribution >= 0.6 is 34.4 Å². The number of aryl methyl sites for hydroxylation is 1. The number of carbonyl (C=O) groups excluding carboxylic acids is 3. The van der Waals surface area contributed by atoms with Gasteiger partial charge in [-0.2, -0.15) is 4.99 Å². The third kappa shape index (κ3) is 5.96. The van der Waals surface area contributed by atoms with Gasteiger partial charge in [0, 0.05) is 11.4 Å². The lowest BCUT2D eigenvalue weighted by Crippen LogP contribution is -2.19. The fourth-order valence-electron chi connectivity index (χ4n) is 4.04. The van der Waals surface area contributed by atoms with Crippen LogP contribution in [0.1, 0.15) is 40.6 Å². The van der Waals surface area contributed by atoms with E-state index in [0.717, 1.165) is 53.4 Å². The average Bonchev–Trinajstić information content (AvgIpc) is 3.36. The lowest BCUT2D eigenvalue weighted by molar-refractivity contribution is -0.115. The second kappa shape index (κ2) is 12.0. The van der Waals surface area contributed by atoms with E-state index in [-0.39, 0.29) is 29.8 Å². The van der Waals surface area contributed by atoms with Crippen molar-refractivity contribution in [3.8, 4) is 0 Å². The Bertz CT molecular complexity index is 1390. The predicted molar refractivity (Wildman–Crippen MR) is 143 cm³/mol. The van der Waals surface area contributed by atoms with Gasteiger partial charge in [-0.1, -0.05) is 17.4 Å². The summed E-state index contributed by atoms with van der Waals surface area (Å²) in [6.45, 7) is 6.19. The van der Waals surface area contributed by atoms with Crippen molar-refractivity contribution in [2.75, 3.05) is 23.4 Å². The number of thiophene rings is 1. The summed E-state index contributed by atoms with van der Waals surface area (Å²) < 4.78 is 21.3. The number of aromatic nitrogens is 1. The Balaban J connectivity index is 1.41. The summed E-state index contributed by atoms with van der Waals surface area (Å²) in [5.41, 5.74) is 2.22. The zero-order valence-electron chi connectivity index (χ0n) is 19.8. The van der Waals surface area contributed by atoms with Gasteiger partial charge in [0.05, 0.1) is 33.9 Å². The Labute approximate surface area is 220 Å². The van der Waals surface area contributed by atoms with E-state index in [1.165, 1.54) is 34.8 Å². The molecule has 1 aliphatic rings. The number of benzene rings is 1. The Morgan fingerprint density at radius 1 is 1.25 bits per heavy atom. The quantitative estimate of drug-likeness (QED) is 0.303. The molecule has 7 nitrogen and oxygen atoms in total. The number of halogens is 1. The van der Waals surface area contributed by atoms with Crippen molar-refractivity contribution >= 4 is 67.4 Å². The molecular formula is C25H26FN3O4S3. The third-order valence-corrected chi connectivity index (χ3v) is 8.71. The van der Waals surface area contributed by atoms with Crippen LogP contribution in [-0.2, 0) is 33.7 Å². The highest BCUT2D eigenvalue weighted by Gasteiger charge is 2.27. The minimum absolute atomic E-state index is 0.00971. The molecular weight excluding hydrogens is 521 g/mol. The summed E-state index contributed by atoms with van der Waals surface area (Å²) in [5.74, 6) is -1.41. The molecule has 0 fully saturated rings. The van der Waals surface area contributed by atoms with Gasteiger partial charge in [-0.15, -0.1) is 29.7 Å². The molecule has 4 rings (SSSR count). The molecule has 36 heavy (non-hydrogen) atoms. The summed E-state index contributed by atoms with van der Waals surface area (Å²) in [7, 11) is 0. The lowest BCUT2D eigenvalue weighted by atomic mass is 9.95. The van der Waals surface area contributed by atoms with E-state index in [1.54, 1.807) is 23.6 Å². The van der Waals surface area contributed by atoms with Crippen molar-refractivity contribution in [1.82, 2.24) is 4.57 Å². The largest absolute Gasteiger partial charge is 0.462 e. The van der Waals surface area contributed by atoms with E-state index in [0.29, 0.717) is 26.6 Å². The Hall–Kier alpha value is -2.76. The molecule has 2 heterocycles. The molecule has 0 aliphatic heterocycles. The van der Waals surface area contributed by atoms with Crippen LogP contribution in [0.2, 0.25) is 0 Å². The van der Waals surface area contributed by atoms with Crippen molar-refractivity contribution in [3.63, 3.8) is 0 Å². The average molecular weight is 548 g/mol. The number of allylic oxidation sites excluding steroid dienone is 1. The van der Waals surface area contributed by atoms with Crippen LogP contribution in [0.4, 0.5) is 9.39 Å². The van der Waals surface area contributed by atoms with Gasteiger partial charge in [-0.25, -0.2) is 9.18 Å². The molecule has 11 heteroatoms. The van der Waals surface area contributed by atoms with Crippen molar-refractivity contribution in [2.45, 2.75) is 39.2 Å². The number of hydrogen-bond acceptors (Lipinski definition) is 7. The number of anilines is 1. The molecule has 0 bridgehead atoms. The molecule has 0 saturated carbocycles. The molecule has 2 amide bonds. The van der Waals surface area contributed by atoms with E-state index >= 15 is 0 Å². The van der Waals surface area contributed by atoms with Gasteiger partial charge in [-0.05, 0) is 56.4 Å². The summed E-state index contributed by atoms with van der Waals surface area (Å²) >= 11 is 3.80. The monoisotopic (exact) mass is 547 g/mol. The molecule has 0 saturated heterocycles. The molecule has 3 aromatic rings. The zero-order chi connectivity index (χ0) is 25.7. The van der Waals surface area contributed by atoms with Gasteiger partial charge in [0.1, 0.15) is 10.8 Å². The minimum atomic E-state index is -0.412. The highest BCUT2D eigenvalue weighted by molar-refractivity contribution is 8.00. The number of thiazole rings is 1. The molecule has 2 aromatic heterocycles. The molecule has 0 spiro atoms. The zero-order valence-corrected chi connectivity index (χ0v) is 22.3. The van der Waals surface area contributed by atoms with Crippen LogP contribution in [-0.4, -0.2) is 40.5 Å². The van der Waals surface area contributed by atoms with Gasteiger partial charge in [0.2, 0.25) is 5.91 Å². The second-order valence-corrected chi connectivity index (χ2v) is 11.2. The number of amides is 2. The highest BCUT2D eigenvalue weighted by atomic mass is 32.2. The number of ether oxygens (including phenoxy) is 1. The number of hydrogen-bond donors (Lipinski definition) is 1. The minimum Gasteiger partial charge on any atom is -0.462 e. The molecule has 0 unspecified atom stereocenters. The van der Waals surface area contributed by atoms with Crippen LogP contribution < -0.4 is 10.1 Å². The van der Waals surface area contributed by atoms with E-state index < -0.39 is 11.9 Å². The summed E-state index contributed by atoms with van der Waals surface area (Å²) in [4.78, 5) is 43.5. The maximum Gasteiger partial charge on any atom is 0.341 e. The standard InChI is InChI=1S/C25H26FN3O4S3/c1-3-11-29-17-10-9-15(26)12-19(17)36-25(29)28-21(31)14-34-13-20(30)27-23-22(24(32)33-4-2)16-7-5-6-8-18(16)35-23/h3,9-10,12H,1,4-8,11,13-14H2,2H3,(H,27,30). The number of esters is 1. The Morgan fingerprint density at radius 2 is 2.06 bits per heavy atom. The summed E-state index contributed by atoms with van der Waals surface area (Å²) in [6, 6.07) is 4.43. The summed E-state index contributed by atoms with van der Waals surface area (Å²) in [6.07, 6.45) is 5.45.